The van der Waals surface area contributed by atoms with Crippen LogP contribution in [0.15, 0.2) is 34.3 Å². The van der Waals surface area contributed by atoms with Gasteiger partial charge in [-0.15, -0.1) is 0 Å². The third-order valence-corrected chi connectivity index (χ3v) is 1.78. The zero-order valence-corrected chi connectivity index (χ0v) is 8.94. The van der Waals surface area contributed by atoms with Gasteiger partial charge in [-0.05, 0) is 12.1 Å². The van der Waals surface area contributed by atoms with E-state index in [4.69, 9.17) is 0 Å². The van der Waals surface area contributed by atoms with Crippen molar-refractivity contribution in [2.24, 2.45) is 15.9 Å². The number of nitrogens with zero attached hydrogens (tertiary/aromatic N) is 2. The predicted octanol–water partition coefficient (Wildman–Crippen LogP) is 3.77. The first-order valence-electron chi connectivity index (χ1n) is 5.03. The second-order valence-electron chi connectivity index (χ2n) is 2.90. The molecule has 0 aliphatic carbocycles. The lowest BCUT2D eigenvalue weighted by Crippen LogP contribution is -1.93. The summed E-state index contributed by atoms with van der Waals surface area (Å²) in [5.74, 6) is 0.331. The predicted molar refractivity (Wildman–Crippen MR) is 63.3 cm³/mol. The van der Waals surface area contributed by atoms with E-state index in [-0.39, 0.29) is 0 Å². The van der Waals surface area contributed by atoms with E-state index in [0.717, 1.165) is 11.4 Å². The molecule has 1 aromatic carbocycles. The van der Waals surface area contributed by atoms with Crippen LogP contribution in [0.25, 0.3) is 0 Å². The minimum atomic E-state index is 0.331. The Morgan fingerprint density at radius 1 is 0.929 bits per heavy atom. The summed E-state index contributed by atoms with van der Waals surface area (Å²) in [6, 6.07) is 7.89. The lowest BCUT2D eigenvalue weighted by Gasteiger charge is -1.94. The zero-order valence-electron chi connectivity index (χ0n) is 8.94. The average Bonchev–Trinajstić information content (AvgIpc) is 2.45. The van der Waals surface area contributed by atoms with Crippen molar-refractivity contribution < 1.29 is 0 Å². The van der Waals surface area contributed by atoms with Gasteiger partial charge >= 0.3 is 0 Å². The van der Waals surface area contributed by atoms with Gasteiger partial charge in [-0.3, -0.25) is 9.98 Å². The summed E-state index contributed by atoms with van der Waals surface area (Å²) in [4.78, 5) is 8.64. The Balaban J connectivity index is 0.000000461. The van der Waals surface area contributed by atoms with E-state index in [2.05, 4.69) is 16.9 Å². The standard InChI is InChI=1S/C10H10N2.C2H6/c1-8-6-11-9-4-2-3-5-10(9)12-7-8;1-2/h2-8H,1H3;1-2H3. The molecule has 0 saturated heterocycles. The largest absolute Gasteiger partial charge is 0.258 e. The van der Waals surface area contributed by atoms with Crippen molar-refractivity contribution in [1.29, 1.82) is 0 Å². The molecular weight excluding hydrogens is 172 g/mol. The van der Waals surface area contributed by atoms with Gasteiger partial charge in [0.25, 0.3) is 0 Å². The number of para-hydroxylation sites is 2. The fourth-order valence-electron chi connectivity index (χ4n) is 1.12. The van der Waals surface area contributed by atoms with Gasteiger partial charge in [0, 0.05) is 18.3 Å². The van der Waals surface area contributed by atoms with Crippen LogP contribution < -0.4 is 0 Å². The summed E-state index contributed by atoms with van der Waals surface area (Å²) in [5.41, 5.74) is 1.91. The number of aliphatic imine (C=N–C) groups is 2. The molecule has 0 saturated carbocycles. The highest BCUT2D eigenvalue weighted by atomic mass is 14.8. The summed E-state index contributed by atoms with van der Waals surface area (Å²) in [5, 5.41) is 0. The summed E-state index contributed by atoms with van der Waals surface area (Å²) < 4.78 is 0. The normalized spacial score (nSPS) is 13.9. The van der Waals surface area contributed by atoms with Crippen LogP contribution in [0.2, 0.25) is 0 Å². The molecular formula is C12H16N2. The third kappa shape index (κ3) is 2.52. The quantitative estimate of drug-likeness (QED) is 0.592. The topological polar surface area (TPSA) is 24.7 Å². The molecule has 0 radical (unpaired) electrons. The maximum absolute atomic E-state index is 4.32. The number of fused-ring (bicyclic) bond motifs is 1. The highest BCUT2D eigenvalue weighted by molar-refractivity contribution is 5.89. The fourth-order valence-corrected chi connectivity index (χ4v) is 1.12. The number of hydrogen-bond acceptors (Lipinski definition) is 2. The maximum Gasteiger partial charge on any atom is 0.0882 e. The molecule has 1 aliphatic heterocycles. The van der Waals surface area contributed by atoms with Crippen molar-refractivity contribution in [2.75, 3.05) is 0 Å². The van der Waals surface area contributed by atoms with Crippen molar-refractivity contribution in [3.05, 3.63) is 24.3 Å². The van der Waals surface area contributed by atoms with Gasteiger partial charge in [0.15, 0.2) is 0 Å². The minimum absolute atomic E-state index is 0.331. The fraction of sp³-hybridized carbons (Fsp3) is 0.333. The number of benzene rings is 1. The van der Waals surface area contributed by atoms with E-state index in [1.807, 2.05) is 50.5 Å². The van der Waals surface area contributed by atoms with E-state index in [1.165, 1.54) is 0 Å². The first kappa shape index (κ1) is 10.6. The zero-order chi connectivity index (χ0) is 10.4. The van der Waals surface area contributed by atoms with Crippen LogP contribution in [-0.2, 0) is 0 Å². The molecule has 2 nitrogen and oxygen atoms in total. The Kier molecular flexibility index (Phi) is 4.05. The van der Waals surface area contributed by atoms with Gasteiger partial charge in [-0.1, -0.05) is 32.9 Å². The molecule has 0 N–H and O–H groups in total. The van der Waals surface area contributed by atoms with E-state index >= 15 is 0 Å². The molecule has 0 atom stereocenters. The van der Waals surface area contributed by atoms with Crippen molar-refractivity contribution in [1.82, 2.24) is 0 Å². The molecule has 74 valence electrons. The van der Waals surface area contributed by atoms with E-state index < -0.39 is 0 Å². The highest BCUT2D eigenvalue weighted by Crippen LogP contribution is 2.28. The van der Waals surface area contributed by atoms with Crippen LogP contribution >= 0.6 is 0 Å². The van der Waals surface area contributed by atoms with Gasteiger partial charge in [-0.25, -0.2) is 0 Å². The molecule has 0 fully saturated rings. The van der Waals surface area contributed by atoms with Crippen LogP contribution in [0.1, 0.15) is 20.8 Å². The molecule has 1 aromatic rings. The van der Waals surface area contributed by atoms with E-state index in [0.29, 0.717) is 5.92 Å². The summed E-state index contributed by atoms with van der Waals surface area (Å²) in [6.07, 6.45) is 3.82. The second kappa shape index (κ2) is 5.32. The molecule has 0 spiro atoms. The van der Waals surface area contributed by atoms with Crippen LogP contribution in [0, 0.1) is 5.92 Å². The average molecular weight is 188 g/mol. The maximum atomic E-state index is 4.32. The van der Waals surface area contributed by atoms with Crippen LogP contribution in [0.3, 0.4) is 0 Å². The van der Waals surface area contributed by atoms with Gasteiger partial charge in [0.2, 0.25) is 0 Å². The van der Waals surface area contributed by atoms with Gasteiger partial charge in [0.05, 0.1) is 11.4 Å². The van der Waals surface area contributed by atoms with E-state index in [9.17, 15) is 0 Å². The second-order valence-corrected chi connectivity index (χ2v) is 2.90. The Labute approximate surface area is 85.4 Å². The van der Waals surface area contributed by atoms with Crippen molar-refractivity contribution >= 4 is 23.8 Å². The van der Waals surface area contributed by atoms with Crippen molar-refractivity contribution in [3.8, 4) is 0 Å². The lowest BCUT2D eigenvalue weighted by molar-refractivity contribution is 1.12. The summed E-state index contributed by atoms with van der Waals surface area (Å²) >= 11 is 0. The van der Waals surface area contributed by atoms with Crippen LogP contribution in [0.5, 0.6) is 0 Å². The molecule has 2 rings (SSSR count). The molecule has 1 aliphatic rings. The van der Waals surface area contributed by atoms with Gasteiger partial charge < -0.3 is 0 Å². The Morgan fingerprint density at radius 2 is 1.36 bits per heavy atom. The summed E-state index contributed by atoms with van der Waals surface area (Å²) in [6.45, 7) is 6.07. The van der Waals surface area contributed by atoms with Crippen LogP contribution in [0.4, 0.5) is 11.4 Å². The number of rotatable bonds is 0. The van der Waals surface area contributed by atoms with Crippen LogP contribution in [-0.4, -0.2) is 12.4 Å². The molecule has 0 unspecified atom stereocenters. The molecule has 14 heavy (non-hydrogen) atoms. The summed E-state index contributed by atoms with van der Waals surface area (Å²) in [7, 11) is 0. The first-order chi connectivity index (χ1) is 6.86. The van der Waals surface area contributed by atoms with Crippen molar-refractivity contribution in [3.63, 3.8) is 0 Å². The lowest BCUT2D eigenvalue weighted by atomic mass is 10.2. The SMILES string of the molecule is CC.CC1C=Nc2ccccc2N=C1. The molecule has 0 amide bonds. The Bertz CT molecular complexity index is 307. The highest BCUT2D eigenvalue weighted by Gasteiger charge is 2.02. The van der Waals surface area contributed by atoms with Gasteiger partial charge in [0.1, 0.15) is 0 Å². The molecule has 2 heteroatoms. The first-order valence-corrected chi connectivity index (χ1v) is 5.03. The monoisotopic (exact) mass is 188 g/mol. The molecule has 0 aromatic heterocycles. The smallest absolute Gasteiger partial charge is 0.0882 e. The molecule has 1 heterocycles. The third-order valence-electron chi connectivity index (χ3n) is 1.78. The van der Waals surface area contributed by atoms with E-state index in [1.54, 1.807) is 0 Å². The number of hydrogen-bond donors (Lipinski definition) is 0. The Morgan fingerprint density at radius 3 is 1.79 bits per heavy atom. The van der Waals surface area contributed by atoms with Gasteiger partial charge in [-0.2, -0.15) is 0 Å². The minimum Gasteiger partial charge on any atom is -0.258 e. The Hall–Kier alpha value is -1.44. The molecule has 0 bridgehead atoms. The van der Waals surface area contributed by atoms with Crippen molar-refractivity contribution in [2.45, 2.75) is 20.8 Å².